The second-order valence-corrected chi connectivity index (χ2v) is 7.78. The lowest BCUT2D eigenvalue weighted by molar-refractivity contribution is 0.384. The van der Waals surface area contributed by atoms with Crippen molar-refractivity contribution in [2.75, 3.05) is 38.2 Å². The minimum Gasteiger partial charge on any atom is -0.481 e. The monoisotopic (exact) mass is 374 g/mol. The number of aryl methyl sites for hydroxylation is 1. The van der Waals surface area contributed by atoms with Gasteiger partial charge in [0.2, 0.25) is 15.9 Å². The molecule has 1 aliphatic heterocycles. The third-order valence-corrected chi connectivity index (χ3v) is 5.73. The molecule has 7 nitrogen and oxygen atoms in total. The highest BCUT2D eigenvalue weighted by atomic mass is 32.2. The smallest absolute Gasteiger partial charge is 0.236 e. The zero-order valence-corrected chi connectivity index (χ0v) is 15.7. The predicted octanol–water partition coefficient (Wildman–Crippen LogP) is 1.92. The van der Waals surface area contributed by atoms with E-state index >= 15 is 0 Å². The van der Waals surface area contributed by atoms with Gasteiger partial charge in [-0.3, -0.25) is 0 Å². The van der Waals surface area contributed by atoms with Crippen molar-refractivity contribution in [2.45, 2.75) is 6.92 Å². The van der Waals surface area contributed by atoms with Crippen molar-refractivity contribution in [1.29, 1.82) is 0 Å². The third kappa shape index (κ3) is 4.39. The molecule has 1 aromatic carbocycles. The molecule has 0 bridgehead atoms. The molecule has 3 rings (SSSR count). The third-order valence-electron chi connectivity index (χ3n) is 4.16. The minimum absolute atomic E-state index is 0.410. The number of ether oxygens (including phenoxy) is 1. The molecular weight excluding hydrogens is 352 g/mol. The van der Waals surface area contributed by atoms with Crippen LogP contribution in [0.4, 0.5) is 5.82 Å². The van der Waals surface area contributed by atoms with Crippen molar-refractivity contribution in [1.82, 2.24) is 14.3 Å². The Kier molecular flexibility index (Phi) is 5.53. The first-order valence-corrected chi connectivity index (χ1v) is 9.86. The quantitative estimate of drug-likeness (QED) is 0.796. The Hall–Kier alpha value is -2.45. The molecule has 1 saturated heterocycles. The highest BCUT2D eigenvalue weighted by Gasteiger charge is 2.26. The number of sulfonamides is 1. The summed E-state index contributed by atoms with van der Waals surface area (Å²) in [6.07, 6.45) is 1.63. The van der Waals surface area contributed by atoms with Crippen LogP contribution in [0.5, 0.6) is 5.88 Å². The molecule has 8 heteroatoms. The number of piperazine rings is 1. The van der Waals surface area contributed by atoms with Crippen LogP contribution in [-0.4, -0.2) is 56.0 Å². The fourth-order valence-corrected chi connectivity index (χ4v) is 3.95. The molecule has 1 aromatic heterocycles. The van der Waals surface area contributed by atoms with E-state index in [-0.39, 0.29) is 0 Å². The Morgan fingerprint density at radius 3 is 2.42 bits per heavy atom. The van der Waals surface area contributed by atoms with Crippen molar-refractivity contribution in [2.24, 2.45) is 0 Å². The topological polar surface area (TPSA) is 75.6 Å². The van der Waals surface area contributed by atoms with Gasteiger partial charge in [0.15, 0.2) is 0 Å². The van der Waals surface area contributed by atoms with Crippen molar-refractivity contribution in [3.63, 3.8) is 0 Å². The van der Waals surface area contributed by atoms with Crippen LogP contribution >= 0.6 is 0 Å². The summed E-state index contributed by atoms with van der Waals surface area (Å²) in [4.78, 5) is 10.6. The number of anilines is 1. The lowest BCUT2D eigenvalue weighted by atomic mass is 10.2. The van der Waals surface area contributed by atoms with Gasteiger partial charge in [0, 0.05) is 37.7 Å². The van der Waals surface area contributed by atoms with E-state index in [1.54, 1.807) is 26.2 Å². The summed E-state index contributed by atoms with van der Waals surface area (Å²) < 4.78 is 31.7. The number of nitrogens with zero attached hydrogens (tertiary/aromatic N) is 4. The molecule has 1 fully saturated rings. The molecule has 0 N–H and O–H groups in total. The maximum atomic E-state index is 12.5. The van der Waals surface area contributed by atoms with Gasteiger partial charge in [-0.2, -0.15) is 9.29 Å². The zero-order valence-electron chi connectivity index (χ0n) is 14.9. The average Bonchev–Trinajstić information content (AvgIpc) is 2.67. The SMILES string of the molecule is COc1cc(N2CCN(S(=O)(=O)/C=C/c3ccccc3)CC2)nc(C)n1. The highest BCUT2D eigenvalue weighted by Crippen LogP contribution is 2.20. The van der Waals surface area contributed by atoms with E-state index in [1.165, 1.54) is 9.71 Å². The van der Waals surface area contributed by atoms with Crippen LogP contribution in [0.2, 0.25) is 0 Å². The number of rotatable bonds is 5. The Bertz CT molecular complexity index is 877. The lowest BCUT2D eigenvalue weighted by Gasteiger charge is -2.34. The summed E-state index contributed by atoms with van der Waals surface area (Å²) in [5, 5.41) is 1.27. The summed E-state index contributed by atoms with van der Waals surface area (Å²) >= 11 is 0. The number of aromatic nitrogens is 2. The molecule has 0 saturated carbocycles. The first-order valence-electron chi connectivity index (χ1n) is 8.36. The van der Waals surface area contributed by atoms with Gasteiger partial charge in [-0.15, -0.1) is 0 Å². The number of methoxy groups -OCH3 is 1. The summed E-state index contributed by atoms with van der Waals surface area (Å²) in [5.74, 6) is 1.89. The lowest BCUT2D eigenvalue weighted by Crippen LogP contribution is -2.48. The Morgan fingerprint density at radius 2 is 1.77 bits per heavy atom. The van der Waals surface area contributed by atoms with Crippen molar-refractivity contribution >= 4 is 21.9 Å². The summed E-state index contributed by atoms with van der Waals surface area (Å²) in [5.41, 5.74) is 0.860. The maximum Gasteiger partial charge on any atom is 0.236 e. The fourth-order valence-electron chi connectivity index (χ4n) is 2.78. The minimum atomic E-state index is -3.44. The Labute approximate surface area is 154 Å². The van der Waals surface area contributed by atoms with E-state index in [2.05, 4.69) is 9.97 Å². The van der Waals surface area contributed by atoms with Crippen LogP contribution in [0.25, 0.3) is 6.08 Å². The average molecular weight is 374 g/mol. The molecular formula is C18H22N4O3S. The molecule has 2 aromatic rings. The van der Waals surface area contributed by atoms with E-state index in [9.17, 15) is 8.42 Å². The van der Waals surface area contributed by atoms with Gasteiger partial charge in [-0.1, -0.05) is 30.3 Å². The summed E-state index contributed by atoms with van der Waals surface area (Å²) in [7, 11) is -1.87. The number of hydrogen-bond acceptors (Lipinski definition) is 6. The molecule has 0 unspecified atom stereocenters. The van der Waals surface area contributed by atoms with Crippen LogP contribution in [-0.2, 0) is 10.0 Å². The van der Waals surface area contributed by atoms with Crippen LogP contribution in [0.1, 0.15) is 11.4 Å². The summed E-state index contributed by atoms with van der Waals surface area (Å²) in [6, 6.07) is 11.2. The van der Waals surface area contributed by atoms with Crippen LogP contribution in [0.15, 0.2) is 41.8 Å². The standard InChI is InChI=1S/C18H22N4O3S/c1-15-19-17(14-18(20-15)25-2)21-9-11-22(12-10-21)26(23,24)13-8-16-6-4-3-5-7-16/h3-8,13-14H,9-12H2,1-2H3/b13-8+. The van der Waals surface area contributed by atoms with Crippen LogP contribution in [0.3, 0.4) is 0 Å². The molecule has 26 heavy (non-hydrogen) atoms. The van der Waals surface area contributed by atoms with Crippen LogP contribution < -0.4 is 9.64 Å². The van der Waals surface area contributed by atoms with Crippen molar-refractivity contribution in [3.8, 4) is 5.88 Å². The van der Waals surface area contributed by atoms with E-state index in [0.717, 1.165) is 11.4 Å². The molecule has 1 aliphatic rings. The normalized spacial score (nSPS) is 16.2. The van der Waals surface area contributed by atoms with E-state index in [4.69, 9.17) is 4.74 Å². The first kappa shape index (κ1) is 18.3. The highest BCUT2D eigenvalue weighted by molar-refractivity contribution is 7.92. The maximum absolute atomic E-state index is 12.5. The van der Waals surface area contributed by atoms with Gasteiger partial charge in [-0.25, -0.2) is 13.4 Å². The molecule has 138 valence electrons. The number of hydrogen-bond donors (Lipinski definition) is 0. The second kappa shape index (κ2) is 7.84. The van der Waals surface area contributed by atoms with Gasteiger partial charge in [0.1, 0.15) is 11.6 Å². The molecule has 0 atom stereocenters. The molecule has 2 heterocycles. The molecule has 0 aliphatic carbocycles. The van der Waals surface area contributed by atoms with Gasteiger partial charge in [0.05, 0.1) is 7.11 Å². The van der Waals surface area contributed by atoms with Crippen molar-refractivity contribution < 1.29 is 13.2 Å². The number of benzene rings is 1. The predicted molar refractivity (Wildman–Crippen MR) is 102 cm³/mol. The van der Waals surface area contributed by atoms with E-state index < -0.39 is 10.0 Å². The zero-order chi connectivity index (χ0) is 18.6. The molecule has 0 amide bonds. The fraction of sp³-hybridized carbons (Fsp3) is 0.333. The van der Waals surface area contributed by atoms with E-state index in [0.29, 0.717) is 37.9 Å². The molecule has 0 radical (unpaired) electrons. The Balaban J connectivity index is 1.66. The van der Waals surface area contributed by atoms with Crippen molar-refractivity contribution in [3.05, 3.63) is 53.2 Å². The van der Waals surface area contributed by atoms with Gasteiger partial charge >= 0.3 is 0 Å². The van der Waals surface area contributed by atoms with Gasteiger partial charge in [0.25, 0.3) is 0 Å². The largest absolute Gasteiger partial charge is 0.481 e. The summed E-state index contributed by atoms with van der Waals surface area (Å²) in [6.45, 7) is 3.76. The second-order valence-electron chi connectivity index (χ2n) is 5.96. The van der Waals surface area contributed by atoms with Crippen LogP contribution in [0, 0.1) is 6.92 Å². The molecule has 0 spiro atoms. The Morgan fingerprint density at radius 1 is 1.08 bits per heavy atom. The van der Waals surface area contributed by atoms with Gasteiger partial charge in [-0.05, 0) is 18.6 Å². The van der Waals surface area contributed by atoms with Gasteiger partial charge < -0.3 is 9.64 Å². The first-order chi connectivity index (χ1) is 12.5. The van der Waals surface area contributed by atoms with E-state index in [1.807, 2.05) is 35.2 Å².